The molecule has 1 N–H and O–H groups in total. The maximum absolute atomic E-state index is 13.8. The Labute approximate surface area is 189 Å². The lowest BCUT2D eigenvalue weighted by Crippen LogP contribution is -2.43. The molecule has 1 aromatic carbocycles. The van der Waals surface area contributed by atoms with Crippen LogP contribution in [0.2, 0.25) is 0 Å². The van der Waals surface area contributed by atoms with Crippen molar-refractivity contribution in [1.29, 1.82) is 0 Å². The van der Waals surface area contributed by atoms with Crippen LogP contribution >= 0.6 is 0 Å². The van der Waals surface area contributed by atoms with E-state index < -0.39 is 11.5 Å². The Morgan fingerprint density at radius 2 is 2.00 bits per heavy atom. The first kappa shape index (κ1) is 19.5. The molecule has 1 saturated heterocycles. The van der Waals surface area contributed by atoms with E-state index >= 15 is 0 Å². The number of pyridine rings is 1. The van der Waals surface area contributed by atoms with E-state index in [2.05, 4.69) is 25.4 Å². The van der Waals surface area contributed by atoms with E-state index in [1.165, 1.54) is 0 Å². The van der Waals surface area contributed by atoms with E-state index in [-0.39, 0.29) is 17.6 Å². The van der Waals surface area contributed by atoms with Crippen molar-refractivity contribution in [3.63, 3.8) is 0 Å². The smallest absolute Gasteiger partial charge is 0.294 e. The fourth-order valence-corrected chi connectivity index (χ4v) is 5.29. The van der Waals surface area contributed by atoms with Crippen LogP contribution in [0.15, 0.2) is 54.9 Å². The molecule has 2 amide bonds. The van der Waals surface area contributed by atoms with E-state index in [1.807, 2.05) is 56.3 Å². The molecule has 9 nitrogen and oxygen atoms in total. The Kier molecular flexibility index (Phi) is 4.10. The maximum atomic E-state index is 13.8. The number of carbonyl (C=O) groups excluding carboxylic acids is 2. The summed E-state index contributed by atoms with van der Waals surface area (Å²) in [5.41, 5.74) is 3.22. The molecule has 2 unspecified atom stereocenters. The van der Waals surface area contributed by atoms with Gasteiger partial charge in [-0.15, -0.1) is 5.10 Å². The summed E-state index contributed by atoms with van der Waals surface area (Å²) in [5.74, 6) is 0.00452. The van der Waals surface area contributed by atoms with Crippen LogP contribution in [0.4, 0.5) is 5.69 Å². The van der Waals surface area contributed by atoms with Crippen molar-refractivity contribution in [3.8, 4) is 0 Å². The van der Waals surface area contributed by atoms with Crippen LogP contribution in [-0.2, 0) is 10.2 Å². The van der Waals surface area contributed by atoms with Gasteiger partial charge in [0.1, 0.15) is 5.41 Å². The molecule has 2 aliphatic heterocycles. The van der Waals surface area contributed by atoms with Gasteiger partial charge in [0.05, 0.1) is 6.04 Å². The molecule has 6 rings (SSSR count). The summed E-state index contributed by atoms with van der Waals surface area (Å²) in [7, 11) is 0. The largest absolute Gasteiger partial charge is 0.327 e. The summed E-state index contributed by atoms with van der Waals surface area (Å²) >= 11 is 0. The van der Waals surface area contributed by atoms with Crippen molar-refractivity contribution in [2.75, 3.05) is 11.9 Å². The molecule has 1 spiro atoms. The highest BCUT2D eigenvalue weighted by molar-refractivity contribution is 6.08. The van der Waals surface area contributed by atoms with Gasteiger partial charge in [-0.05, 0) is 49.6 Å². The number of likely N-dealkylation sites (tertiary alicyclic amines) is 1. The van der Waals surface area contributed by atoms with Gasteiger partial charge in [0.25, 0.3) is 11.7 Å². The van der Waals surface area contributed by atoms with Crippen molar-refractivity contribution in [1.82, 2.24) is 29.5 Å². The van der Waals surface area contributed by atoms with Crippen molar-refractivity contribution in [3.05, 3.63) is 83.2 Å². The second-order valence-corrected chi connectivity index (χ2v) is 8.59. The first-order chi connectivity index (χ1) is 16.0. The number of hydrogen-bond acceptors (Lipinski definition) is 6. The SMILES string of the molecule is Cc1cc(C)n2nc(C(=O)N3CCC4(C(=O)Nc5ccccc54)C3c3cccnc3)nc2n1. The van der Waals surface area contributed by atoms with Crippen LogP contribution in [0.3, 0.4) is 0 Å². The summed E-state index contributed by atoms with van der Waals surface area (Å²) in [6, 6.07) is 12.8. The number of benzene rings is 1. The van der Waals surface area contributed by atoms with E-state index in [0.29, 0.717) is 18.7 Å². The number of anilines is 1. The minimum absolute atomic E-state index is 0.0637. The van der Waals surface area contributed by atoms with Crippen molar-refractivity contribution < 1.29 is 9.59 Å². The average molecular weight is 439 g/mol. The molecular weight excluding hydrogens is 418 g/mol. The van der Waals surface area contributed by atoms with Gasteiger partial charge >= 0.3 is 0 Å². The first-order valence-electron chi connectivity index (χ1n) is 10.8. The third kappa shape index (κ3) is 2.71. The minimum Gasteiger partial charge on any atom is -0.327 e. The fraction of sp³-hybridized carbons (Fsp3) is 0.250. The zero-order valence-corrected chi connectivity index (χ0v) is 18.2. The number of fused-ring (bicyclic) bond motifs is 3. The van der Waals surface area contributed by atoms with Gasteiger partial charge in [-0.3, -0.25) is 14.6 Å². The van der Waals surface area contributed by atoms with Crippen LogP contribution in [0.25, 0.3) is 5.78 Å². The summed E-state index contributed by atoms with van der Waals surface area (Å²) in [4.78, 5) is 42.0. The lowest BCUT2D eigenvalue weighted by molar-refractivity contribution is -0.121. The molecular formula is C24H21N7O2. The van der Waals surface area contributed by atoms with Gasteiger partial charge in [0.15, 0.2) is 0 Å². The minimum atomic E-state index is -0.904. The molecule has 1 fully saturated rings. The van der Waals surface area contributed by atoms with Crippen molar-refractivity contribution in [2.45, 2.75) is 31.7 Å². The van der Waals surface area contributed by atoms with Crippen LogP contribution in [-0.4, -0.2) is 47.8 Å². The zero-order valence-electron chi connectivity index (χ0n) is 18.2. The third-order valence-corrected chi connectivity index (χ3v) is 6.66. The van der Waals surface area contributed by atoms with E-state index in [9.17, 15) is 9.59 Å². The van der Waals surface area contributed by atoms with Gasteiger partial charge < -0.3 is 10.2 Å². The van der Waals surface area contributed by atoms with Gasteiger partial charge in [0.2, 0.25) is 11.7 Å². The monoisotopic (exact) mass is 439 g/mol. The summed E-state index contributed by atoms with van der Waals surface area (Å²) < 4.78 is 1.57. The predicted octanol–water partition coefficient (Wildman–Crippen LogP) is 2.61. The van der Waals surface area contributed by atoms with E-state index in [1.54, 1.807) is 21.8 Å². The summed E-state index contributed by atoms with van der Waals surface area (Å²) in [5, 5.41) is 7.46. The second-order valence-electron chi connectivity index (χ2n) is 8.59. The van der Waals surface area contributed by atoms with Crippen molar-refractivity contribution in [2.24, 2.45) is 0 Å². The Morgan fingerprint density at radius 1 is 1.15 bits per heavy atom. The van der Waals surface area contributed by atoms with Gasteiger partial charge in [-0.1, -0.05) is 24.3 Å². The molecule has 5 heterocycles. The maximum Gasteiger partial charge on any atom is 0.294 e. The number of nitrogens with zero attached hydrogens (tertiary/aromatic N) is 6. The summed E-state index contributed by atoms with van der Waals surface area (Å²) in [6.07, 6.45) is 3.89. The number of hydrogen-bond donors (Lipinski definition) is 1. The number of aryl methyl sites for hydroxylation is 2. The summed E-state index contributed by atoms with van der Waals surface area (Å²) in [6.45, 7) is 4.16. The van der Waals surface area contributed by atoms with Gasteiger partial charge in [-0.25, -0.2) is 9.50 Å². The standard InChI is InChI=1S/C24H21N7O2/c1-14-12-15(2)31-23(26-14)28-20(29-31)21(32)30-11-9-24(19(30)16-6-5-10-25-13-16)17-7-3-4-8-18(17)27-22(24)33/h3-8,10,12-13,19H,9,11H2,1-2H3,(H,27,33). The number of rotatable bonds is 2. The Morgan fingerprint density at radius 3 is 2.82 bits per heavy atom. The van der Waals surface area contributed by atoms with E-state index in [4.69, 9.17) is 0 Å². The molecule has 3 aromatic heterocycles. The lowest BCUT2D eigenvalue weighted by atomic mass is 9.73. The molecule has 4 aromatic rings. The molecule has 164 valence electrons. The molecule has 9 heteroatoms. The number of nitrogens with one attached hydrogen (secondary N) is 1. The van der Waals surface area contributed by atoms with E-state index in [0.717, 1.165) is 28.2 Å². The van der Waals surface area contributed by atoms with Crippen molar-refractivity contribution >= 4 is 23.3 Å². The topological polar surface area (TPSA) is 105 Å². The van der Waals surface area contributed by atoms with Gasteiger partial charge in [0, 0.05) is 36.0 Å². The molecule has 0 bridgehead atoms. The zero-order chi connectivity index (χ0) is 22.7. The van der Waals surface area contributed by atoms with Gasteiger partial charge in [-0.2, -0.15) is 4.98 Å². The average Bonchev–Trinajstić information content (AvgIpc) is 3.49. The normalized spacial score (nSPS) is 21.6. The third-order valence-electron chi connectivity index (χ3n) is 6.66. The molecule has 2 aliphatic rings. The van der Waals surface area contributed by atoms with Crippen LogP contribution in [0, 0.1) is 13.8 Å². The van der Waals surface area contributed by atoms with Crippen LogP contribution in [0.5, 0.6) is 0 Å². The molecule has 2 atom stereocenters. The number of amides is 2. The first-order valence-corrected chi connectivity index (χ1v) is 10.8. The number of carbonyl (C=O) groups is 2. The highest BCUT2D eigenvalue weighted by Crippen LogP contribution is 2.54. The highest BCUT2D eigenvalue weighted by Gasteiger charge is 2.59. The molecule has 0 saturated carbocycles. The van der Waals surface area contributed by atoms with Crippen LogP contribution in [0.1, 0.15) is 45.6 Å². The number of para-hydroxylation sites is 1. The Balaban J connectivity index is 1.49. The molecule has 33 heavy (non-hydrogen) atoms. The fourth-order valence-electron chi connectivity index (χ4n) is 5.29. The lowest BCUT2D eigenvalue weighted by Gasteiger charge is -2.33. The second kappa shape index (κ2) is 6.93. The highest BCUT2D eigenvalue weighted by atomic mass is 16.2. The van der Waals surface area contributed by atoms with Crippen LogP contribution < -0.4 is 5.32 Å². The Bertz CT molecular complexity index is 1430. The molecule has 0 radical (unpaired) electrons. The Hall–Kier alpha value is -4.14. The molecule has 0 aliphatic carbocycles. The number of aromatic nitrogens is 5. The quantitative estimate of drug-likeness (QED) is 0.515. The predicted molar refractivity (Wildman–Crippen MR) is 120 cm³/mol.